The summed E-state index contributed by atoms with van der Waals surface area (Å²) in [5, 5.41) is 2.24. The van der Waals surface area contributed by atoms with Gasteiger partial charge in [0.05, 0.1) is 19.1 Å². The molecule has 0 bridgehead atoms. The number of benzene rings is 1. The second-order valence-electron chi connectivity index (χ2n) is 7.45. The Hall–Kier alpha value is -3.20. The lowest BCUT2D eigenvalue weighted by atomic mass is 10.1. The van der Waals surface area contributed by atoms with Crippen molar-refractivity contribution in [1.82, 2.24) is 15.2 Å². The lowest BCUT2D eigenvalue weighted by Crippen LogP contribution is -2.35. The molecule has 1 atom stereocenters. The van der Waals surface area contributed by atoms with Crippen LogP contribution in [0.25, 0.3) is 0 Å². The smallest absolute Gasteiger partial charge is 0.329 e. The van der Waals surface area contributed by atoms with E-state index in [0.717, 1.165) is 24.5 Å². The van der Waals surface area contributed by atoms with Crippen molar-refractivity contribution in [3.63, 3.8) is 0 Å². The fraction of sp³-hybridized carbons (Fsp3) is 0.400. The maximum atomic E-state index is 12.9. The number of aromatic nitrogens is 1. The first-order valence-electron chi connectivity index (χ1n) is 9.65. The summed E-state index contributed by atoms with van der Waals surface area (Å²) in [7, 11) is 0. The van der Waals surface area contributed by atoms with Gasteiger partial charge in [-0.25, -0.2) is 9.78 Å². The van der Waals surface area contributed by atoms with E-state index in [1.807, 2.05) is 0 Å². The Bertz CT molecular complexity index is 977. The number of nitrogens with one attached hydrogen (secondary N) is 1. The van der Waals surface area contributed by atoms with E-state index in [4.69, 9.17) is 9.15 Å². The van der Waals surface area contributed by atoms with Gasteiger partial charge in [-0.15, -0.1) is 0 Å². The van der Waals surface area contributed by atoms with Crippen molar-refractivity contribution in [2.75, 3.05) is 31.2 Å². The monoisotopic (exact) mass is 396 g/mol. The van der Waals surface area contributed by atoms with Crippen LogP contribution in [-0.4, -0.2) is 54.0 Å². The van der Waals surface area contributed by atoms with E-state index < -0.39 is 6.03 Å². The summed E-state index contributed by atoms with van der Waals surface area (Å²) >= 11 is 0. The summed E-state index contributed by atoms with van der Waals surface area (Å²) < 4.78 is 11.3. The Balaban J connectivity index is 1.29. The average molecular weight is 396 g/mol. The SMILES string of the molecule is O=C1CN(c2ccc(C(=O)N3CCc4oc(C5CCOC5)nc4C3)cc2)C(=O)N1. The molecule has 1 N–H and O–H groups in total. The van der Waals surface area contributed by atoms with Crippen molar-refractivity contribution in [1.29, 1.82) is 0 Å². The topological polar surface area (TPSA) is 105 Å². The van der Waals surface area contributed by atoms with E-state index in [9.17, 15) is 14.4 Å². The van der Waals surface area contributed by atoms with E-state index in [1.54, 1.807) is 29.2 Å². The van der Waals surface area contributed by atoms with Gasteiger partial charge in [0.15, 0.2) is 5.89 Å². The molecule has 4 amide bonds. The minimum Gasteiger partial charge on any atom is -0.445 e. The number of carbonyl (C=O) groups is 3. The minimum atomic E-state index is -0.452. The van der Waals surface area contributed by atoms with Gasteiger partial charge in [0.1, 0.15) is 18.0 Å². The molecule has 0 radical (unpaired) electrons. The second-order valence-corrected chi connectivity index (χ2v) is 7.45. The number of hydrogen-bond acceptors (Lipinski definition) is 6. The standard InChI is InChI=1S/C20H20N4O5/c25-17-10-24(20(27)22-17)14-3-1-12(2-4-14)19(26)23-7-5-16-15(9-23)21-18(29-16)13-6-8-28-11-13/h1-4,13H,5-11H2,(H,22,25,27). The molecular weight excluding hydrogens is 376 g/mol. The van der Waals surface area contributed by atoms with Gasteiger partial charge in [0.25, 0.3) is 5.91 Å². The maximum Gasteiger partial charge on any atom is 0.329 e. The second kappa shape index (κ2) is 7.00. The van der Waals surface area contributed by atoms with Crippen LogP contribution in [0.3, 0.4) is 0 Å². The number of anilines is 1. The number of ether oxygens (including phenoxy) is 1. The summed E-state index contributed by atoms with van der Waals surface area (Å²) in [6.07, 6.45) is 1.55. The highest BCUT2D eigenvalue weighted by Gasteiger charge is 2.31. The molecule has 3 aliphatic heterocycles. The highest BCUT2D eigenvalue weighted by molar-refractivity contribution is 6.12. The van der Waals surface area contributed by atoms with Gasteiger partial charge in [-0.05, 0) is 30.7 Å². The van der Waals surface area contributed by atoms with E-state index in [-0.39, 0.29) is 24.3 Å². The molecule has 5 rings (SSSR count). The minimum absolute atomic E-state index is 0.0123. The Morgan fingerprint density at radius 2 is 2.00 bits per heavy atom. The molecule has 0 spiro atoms. The highest BCUT2D eigenvalue weighted by Crippen LogP contribution is 2.29. The molecule has 1 aromatic carbocycles. The summed E-state index contributed by atoms with van der Waals surface area (Å²) in [6, 6.07) is 6.25. The van der Waals surface area contributed by atoms with Crippen LogP contribution in [0.1, 0.15) is 40.0 Å². The summed E-state index contributed by atoms with van der Waals surface area (Å²) in [5.74, 6) is 1.33. The number of fused-ring (bicyclic) bond motifs is 1. The average Bonchev–Trinajstić information content (AvgIpc) is 3.46. The fourth-order valence-corrected chi connectivity index (χ4v) is 3.91. The quantitative estimate of drug-likeness (QED) is 0.787. The van der Waals surface area contributed by atoms with Crippen molar-refractivity contribution in [3.8, 4) is 0 Å². The molecule has 4 heterocycles. The van der Waals surface area contributed by atoms with Gasteiger partial charge in [-0.2, -0.15) is 0 Å². The first kappa shape index (κ1) is 17.9. The van der Waals surface area contributed by atoms with Crippen LogP contribution < -0.4 is 10.2 Å². The summed E-state index contributed by atoms with van der Waals surface area (Å²) in [5.41, 5.74) is 1.91. The fourth-order valence-electron chi connectivity index (χ4n) is 3.91. The number of carbonyl (C=O) groups excluding carboxylic acids is 3. The van der Waals surface area contributed by atoms with Crippen molar-refractivity contribution in [3.05, 3.63) is 47.2 Å². The molecule has 2 fully saturated rings. The number of nitrogens with zero attached hydrogens (tertiary/aromatic N) is 3. The Kier molecular flexibility index (Phi) is 4.31. The third-order valence-electron chi connectivity index (χ3n) is 5.53. The van der Waals surface area contributed by atoms with Crippen LogP contribution in [0.15, 0.2) is 28.7 Å². The van der Waals surface area contributed by atoms with Crippen molar-refractivity contribution >= 4 is 23.5 Å². The molecule has 29 heavy (non-hydrogen) atoms. The molecular formula is C20H20N4O5. The highest BCUT2D eigenvalue weighted by atomic mass is 16.5. The van der Waals surface area contributed by atoms with Gasteiger partial charge in [-0.3, -0.25) is 19.8 Å². The number of imide groups is 1. The largest absolute Gasteiger partial charge is 0.445 e. The molecule has 9 heteroatoms. The molecule has 3 aliphatic rings. The molecule has 1 unspecified atom stereocenters. The van der Waals surface area contributed by atoms with Gasteiger partial charge < -0.3 is 14.1 Å². The molecule has 9 nitrogen and oxygen atoms in total. The van der Waals surface area contributed by atoms with Crippen molar-refractivity contribution in [2.24, 2.45) is 0 Å². The number of oxazole rings is 1. The van der Waals surface area contributed by atoms with Gasteiger partial charge in [0.2, 0.25) is 5.91 Å². The van der Waals surface area contributed by atoms with E-state index in [1.165, 1.54) is 4.90 Å². The Morgan fingerprint density at radius 1 is 1.17 bits per heavy atom. The van der Waals surface area contributed by atoms with Crippen LogP contribution in [0.2, 0.25) is 0 Å². The maximum absolute atomic E-state index is 12.9. The molecule has 0 aliphatic carbocycles. The molecule has 2 aromatic rings. The first-order valence-corrected chi connectivity index (χ1v) is 9.65. The van der Waals surface area contributed by atoms with Crippen LogP contribution in [-0.2, 0) is 22.5 Å². The zero-order chi connectivity index (χ0) is 20.0. The van der Waals surface area contributed by atoms with Crippen LogP contribution >= 0.6 is 0 Å². The van der Waals surface area contributed by atoms with Crippen LogP contribution in [0.4, 0.5) is 10.5 Å². The van der Waals surface area contributed by atoms with E-state index >= 15 is 0 Å². The Morgan fingerprint density at radius 3 is 2.69 bits per heavy atom. The van der Waals surface area contributed by atoms with Gasteiger partial charge >= 0.3 is 6.03 Å². The zero-order valence-electron chi connectivity index (χ0n) is 15.7. The number of urea groups is 1. The van der Waals surface area contributed by atoms with Gasteiger partial charge in [0, 0.05) is 30.8 Å². The molecule has 150 valence electrons. The lowest BCUT2D eigenvalue weighted by Gasteiger charge is -2.25. The van der Waals surface area contributed by atoms with Crippen LogP contribution in [0, 0.1) is 0 Å². The first-order chi connectivity index (χ1) is 14.1. The van der Waals surface area contributed by atoms with E-state index in [0.29, 0.717) is 43.3 Å². The van der Waals surface area contributed by atoms with Crippen molar-refractivity contribution in [2.45, 2.75) is 25.3 Å². The third kappa shape index (κ3) is 3.27. The Labute approximate surface area is 166 Å². The molecule has 0 saturated carbocycles. The van der Waals surface area contributed by atoms with Crippen molar-refractivity contribution < 1.29 is 23.5 Å². The third-order valence-corrected chi connectivity index (χ3v) is 5.53. The predicted molar refractivity (Wildman–Crippen MR) is 100 cm³/mol. The number of rotatable bonds is 3. The molecule has 2 saturated heterocycles. The zero-order valence-corrected chi connectivity index (χ0v) is 15.7. The summed E-state index contributed by atoms with van der Waals surface area (Å²) in [4.78, 5) is 43.7. The number of amides is 4. The van der Waals surface area contributed by atoms with Crippen LogP contribution in [0.5, 0.6) is 0 Å². The normalized spacial score (nSPS) is 21.4. The lowest BCUT2D eigenvalue weighted by molar-refractivity contribution is -0.117. The predicted octanol–water partition coefficient (Wildman–Crippen LogP) is 1.43. The van der Waals surface area contributed by atoms with E-state index in [2.05, 4.69) is 10.3 Å². The van der Waals surface area contributed by atoms with Gasteiger partial charge in [-0.1, -0.05) is 0 Å². The summed E-state index contributed by atoms with van der Waals surface area (Å²) in [6.45, 7) is 2.32. The number of hydrogen-bond donors (Lipinski definition) is 1. The molecule has 1 aromatic heterocycles.